The maximum atomic E-state index is 12.4. The molecule has 0 radical (unpaired) electrons. The van der Waals surface area contributed by atoms with Crippen molar-refractivity contribution in [3.05, 3.63) is 102 Å². The van der Waals surface area contributed by atoms with Gasteiger partial charge < -0.3 is 56.3 Å². The third kappa shape index (κ3) is 15.4. The molecule has 402 valence electrons. The molecule has 25 nitrogen and oxygen atoms in total. The van der Waals surface area contributed by atoms with Crippen LogP contribution in [0.4, 0.5) is 23.5 Å². The number of fused-ring (bicyclic) bond motifs is 2. The Morgan fingerprint density at radius 3 is 1.68 bits per heavy atom. The van der Waals surface area contributed by atoms with Crippen LogP contribution in [-0.4, -0.2) is 188 Å². The molecule has 8 N–H and O–H groups in total. The Bertz CT molecular complexity index is 3240. The van der Waals surface area contributed by atoms with E-state index in [9.17, 15) is 18.0 Å². The van der Waals surface area contributed by atoms with Gasteiger partial charge in [-0.15, -0.1) is 10.2 Å². The molecular formula is C50H65N19O6S. The fraction of sp³-hybridized carbons (Fsp3) is 0.400. The summed E-state index contributed by atoms with van der Waals surface area (Å²) in [7, 11) is 0.710. The van der Waals surface area contributed by atoms with E-state index < -0.39 is 15.0 Å². The lowest BCUT2D eigenvalue weighted by Crippen LogP contribution is -2.45. The van der Waals surface area contributed by atoms with Crippen molar-refractivity contribution in [1.82, 2.24) is 68.7 Å². The molecule has 0 bridgehead atoms. The van der Waals surface area contributed by atoms with Crippen LogP contribution in [0.2, 0.25) is 0 Å². The van der Waals surface area contributed by atoms with Crippen LogP contribution in [0.1, 0.15) is 29.5 Å². The average Bonchev–Trinajstić information content (AvgIpc) is 4.26. The number of nitrogens with one attached hydrogen (secondary N) is 2. The van der Waals surface area contributed by atoms with Crippen molar-refractivity contribution in [1.29, 1.82) is 0 Å². The van der Waals surface area contributed by atoms with Gasteiger partial charge in [-0.1, -0.05) is 36.4 Å². The maximum absolute atomic E-state index is 12.4. The van der Waals surface area contributed by atoms with Crippen LogP contribution in [-0.2, 0) is 38.7 Å². The van der Waals surface area contributed by atoms with Crippen molar-refractivity contribution in [2.24, 2.45) is 5.73 Å². The number of hydrogen-bond acceptors (Lipinski definition) is 22. The highest BCUT2D eigenvalue weighted by atomic mass is 32.2. The first-order valence-corrected chi connectivity index (χ1v) is 26.9. The number of ketones is 1. The molecule has 6 aromatic heterocycles. The second-order valence-electron chi connectivity index (χ2n) is 18.6. The third-order valence-electron chi connectivity index (χ3n) is 12.6. The monoisotopic (exact) mass is 1060 g/mol. The summed E-state index contributed by atoms with van der Waals surface area (Å²) in [5.74, 6) is 2.83. The SMILES string of the molecule is CN1CCN(CCC(=O)Cc2ccc(CCNc3nc(N)n4nc(-c5ccco5)nc4n3)cc2)CC1.CN1CCN(CCC(=O)Nc2ccc(CCN)cc2)CC1.CS(=O)(=O)c1nc(N)n2nc(-c3ccco3)nc2n1. The van der Waals surface area contributed by atoms with E-state index in [1.54, 1.807) is 30.5 Å². The number of amides is 1. The van der Waals surface area contributed by atoms with Gasteiger partial charge >= 0.3 is 0 Å². The van der Waals surface area contributed by atoms with Gasteiger partial charge in [0.05, 0.1) is 12.5 Å². The normalized spacial score (nSPS) is 14.7. The highest BCUT2D eigenvalue weighted by molar-refractivity contribution is 7.90. The van der Waals surface area contributed by atoms with E-state index in [1.807, 2.05) is 36.4 Å². The predicted molar refractivity (Wildman–Crippen MR) is 287 cm³/mol. The lowest BCUT2D eigenvalue weighted by Gasteiger charge is -2.32. The Morgan fingerprint density at radius 2 is 1.14 bits per heavy atom. The molecule has 8 aromatic rings. The number of rotatable bonds is 18. The summed E-state index contributed by atoms with van der Waals surface area (Å²) in [4.78, 5) is 58.4. The molecule has 10 rings (SSSR count). The molecule has 1 amide bonds. The zero-order valence-corrected chi connectivity index (χ0v) is 43.8. The first kappa shape index (κ1) is 54.5. The summed E-state index contributed by atoms with van der Waals surface area (Å²) in [5.41, 5.74) is 21.5. The molecule has 2 fully saturated rings. The van der Waals surface area contributed by atoms with Gasteiger partial charge in [0, 0.05) is 103 Å². The number of nitrogens with two attached hydrogens (primary N) is 3. The molecule has 0 atom stereocenters. The lowest BCUT2D eigenvalue weighted by molar-refractivity contribution is -0.119. The number of aromatic nitrogens is 10. The standard InChI is InChI=1S/C25H31N9O2.C16H26N4O.C9H8N6O3S/c1-32-12-14-33(15-13-32)11-9-20(35)17-19-6-4-18(5-7-19)8-10-27-24-29-23(26)34-25(30-24)28-22(31-34)21-3-2-16-36-21;1-19-10-12-20(13-11-19)9-7-16(21)18-15-4-2-14(3-5-15)6-8-17;1-19(16,17)9-12-7(10)15-8(13-9)11-6(14-15)5-3-2-4-18-5/h2-7,16H,8-15,17H2,1H3,(H3,26,27,28,29,30,31);2-5H,6-13,17H2,1H3,(H,18,21);2-4H,1H3,(H2,10,11,12,13,14). The van der Waals surface area contributed by atoms with Gasteiger partial charge in [0.25, 0.3) is 16.7 Å². The van der Waals surface area contributed by atoms with Gasteiger partial charge in [-0.2, -0.15) is 38.9 Å². The van der Waals surface area contributed by atoms with E-state index in [1.165, 1.54) is 16.3 Å². The minimum Gasteiger partial charge on any atom is -0.461 e. The van der Waals surface area contributed by atoms with Gasteiger partial charge in [0.2, 0.25) is 45.2 Å². The molecule has 0 aliphatic carbocycles. The number of carbonyl (C=O) groups excluding carboxylic acids is 2. The average molecular weight is 1060 g/mol. The first-order valence-electron chi connectivity index (χ1n) is 25.0. The van der Waals surface area contributed by atoms with Crippen molar-refractivity contribution in [2.75, 3.05) is 121 Å². The van der Waals surface area contributed by atoms with Gasteiger partial charge in [-0.05, 0) is 86.6 Å². The molecule has 2 aliphatic heterocycles. The quantitative estimate of drug-likeness (QED) is 0.0823. The highest BCUT2D eigenvalue weighted by Gasteiger charge is 2.20. The molecule has 2 saturated heterocycles. The number of sulfone groups is 1. The Kier molecular flexibility index (Phi) is 18.4. The van der Waals surface area contributed by atoms with Crippen molar-refractivity contribution in [3.63, 3.8) is 0 Å². The Balaban J connectivity index is 0.000000163. The van der Waals surface area contributed by atoms with Crippen LogP contribution < -0.4 is 27.8 Å². The van der Waals surface area contributed by atoms with Crippen molar-refractivity contribution >= 4 is 56.6 Å². The Labute approximate surface area is 439 Å². The summed E-state index contributed by atoms with van der Waals surface area (Å²) in [6, 6.07) is 23.0. The van der Waals surface area contributed by atoms with E-state index >= 15 is 0 Å². The number of hydrogen-bond donors (Lipinski definition) is 5. The minimum atomic E-state index is -3.57. The predicted octanol–water partition coefficient (Wildman–Crippen LogP) is 2.29. The summed E-state index contributed by atoms with van der Waals surface area (Å²) in [5, 5.41) is 14.1. The number of furan rings is 2. The van der Waals surface area contributed by atoms with Crippen LogP contribution in [0.5, 0.6) is 0 Å². The van der Waals surface area contributed by atoms with Crippen LogP contribution in [0, 0.1) is 0 Å². The lowest BCUT2D eigenvalue weighted by atomic mass is 10.0. The van der Waals surface area contributed by atoms with E-state index in [-0.39, 0.29) is 35.2 Å². The van der Waals surface area contributed by atoms with E-state index in [2.05, 4.69) is 96.6 Å². The number of benzene rings is 2. The number of Topliss-reactive ketones (excluding diaryl/α,β-unsaturated/α-hetero) is 1. The molecule has 26 heteroatoms. The van der Waals surface area contributed by atoms with Crippen molar-refractivity contribution < 1.29 is 26.8 Å². The number of carbonyl (C=O) groups is 2. The zero-order chi connectivity index (χ0) is 53.6. The number of likely N-dealkylation sites (N-methyl/N-ethyl adjacent to an activating group) is 2. The summed E-state index contributed by atoms with van der Waals surface area (Å²) in [6.07, 6.45) is 7.31. The van der Waals surface area contributed by atoms with Crippen LogP contribution in [0.25, 0.3) is 34.7 Å². The van der Waals surface area contributed by atoms with E-state index in [0.717, 1.165) is 106 Å². The topological polar surface area (TPSA) is 322 Å². The largest absolute Gasteiger partial charge is 0.461 e. The molecule has 0 spiro atoms. The summed E-state index contributed by atoms with van der Waals surface area (Å²) < 4.78 is 35.8. The zero-order valence-electron chi connectivity index (χ0n) is 43.0. The Hall–Kier alpha value is -7.75. The molecule has 0 unspecified atom stereocenters. The fourth-order valence-electron chi connectivity index (χ4n) is 8.15. The van der Waals surface area contributed by atoms with Gasteiger partial charge in [-0.3, -0.25) is 9.59 Å². The molecule has 2 aliphatic rings. The summed E-state index contributed by atoms with van der Waals surface area (Å²) >= 11 is 0. The highest BCUT2D eigenvalue weighted by Crippen LogP contribution is 2.20. The van der Waals surface area contributed by atoms with E-state index in [4.69, 9.17) is 26.0 Å². The smallest absolute Gasteiger partial charge is 0.259 e. The maximum Gasteiger partial charge on any atom is 0.259 e. The Morgan fingerprint density at radius 1 is 0.632 bits per heavy atom. The summed E-state index contributed by atoms with van der Waals surface area (Å²) in [6.45, 7) is 11.5. The third-order valence-corrected chi connectivity index (χ3v) is 13.5. The van der Waals surface area contributed by atoms with E-state index in [0.29, 0.717) is 61.4 Å². The molecular weight excluding hydrogens is 995 g/mol. The minimum absolute atomic E-state index is 0.0410. The number of piperazine rings is 2. The fourth-order valence-corrected chi connectivity index (χ4v) is 8.65. The van der Waals surface area contributed by atoms with Gasteiger partial charge in [-0.25, -0.2) is 8.42 Å². The number of anilines is 4. The van der Waals surface area contributed by atoms with Crippen LogP contribution in [0.3, 0.4) is 0 Å². The van der Waals surface area contributed by atoms with Crippen LogP contribution in [0.15, 0.2) is 99.3 Å². The molecule has 8 heterocycles. The van der Waals surface area contributed by atoms with Gasteiger partial charge in [0.1, 0.15) is 5.78 Å². The van der Waals surface area contributed by atoms with Crippen molar-refractivity contribution in [2.45, 2.75) is 37.3 Å². The molecule has 0 saturated carbocycles. The molecule has 76 heavy (non-hydrogen) atoms. The van der Waals surface area contributed by atoms with Crippen molar-refractivity contribution in [3.8, 4) is 23.2 Å². The van der Waals surface area contributed by atoms with Gasteiger partial charge in [0.15, 0.2) is 11.5 Å². The number of nitrogens with zero attached hydrogens (tertiary/aromatic N) is 14. The second kappa shape index (κ2) is 25.7. The second-order valence-corrected chi connectivity index (χ2v) is 20.5. The molecule has 2 aromatic carbocycles. The number of nitrogen functional groups attached to an aromatic ring is 2. The van der Waals surface area contributed by atoms with Crippen LogP contribution >= 0.6 is 0 Å². The first-order chi connectivity index (χ1) is 36.6.